The molecule has 96 valence electrons. The molecule has 0 spiro atoms. The minimum absolute atomic E-state index is 0.651. The topological polar surface area (TPSA) is 163 Å². The summed E-state index contributed by atoms with van der Waals surface area (Å²) in [5.41, 5.74) is 5.36. The molecule has 1 rings (SSSR count). The number of phosphoric ester groups is 1. The van der Waals surface area contributed by atoms with Crippen molar-refractivity contribution in [3.05, 3.63) is 0 Å². The summed E-state index contributed by atoms with van der Waals surface area (Å²) >= 11 is 0. The summed E-state index contributed by atoms with van der Waals surface area (Å²) in [5, 5.41) is 27.8. The van der Waals surface area contributed by atoms with Gasteiger partial charge >= 0.3 is 7.82 Å². The molecule has 1 heterocycles. The Labute approximate surface area is 90.6 Å². The lowest BCUT2D eigenvalue weighted by Gasteiger charge is -2.23. The normalized spacial score (nSPS) is 40.2. The van der Waals surface area contributed by atoms with Gasteiger partial charge in [0.05, 0.1) is 19.3 Å². The molecule has 0 radical (unpaired) electrons. The van der Waals surface area contributed by atoms with Gasteiger partial charge < -0.3 is 35.6 Å². The fourth-order valence-electron chi connectivity index (χ4n) is 1.35. The van der Waals surface area contributed by atoms with Crippen LogP contribution < -0.4 is 5.73 Å². The minimum Gasteiger partial charge on any atom is -0.391 e. The van der Waals surface area contributed by atoms with Gasteiger partial charge in [-0.25, -0.2) is 4.57 Å². The zero-order valence-corrected chi connectivity index (χ0v) is 9.03. The average Bonchev–Trinajstić information content (AvgIpc) is 2.40. The largest absolute Gasteiger partial charge is 0.469 e. The van der Waals surface area contributed by atoms with Crippen LogP contribution in [0.3, 0.4) is 0 Å². The van der Waals surface area contributed by atoms with Crippen molar-refractivity contribution in [3.63, 3.8) is 0 Å². The molecule has 1 aliphatic rings. The summed E-state index contributed by atoms with van der Waals surface area (Å²) in [5.74, 6) is -2.14. The predicted molar refractivity (Wildman–Crippen MR) is 48.9 cm³/mol. The van der Waals surface area contributed by atoms with Gasteiger partial charge in [-0.15, -0.1) is 0 Å². The van der Waals surface area contributed by atoms with Gasteiger partial charge in [0.15, 0.2) is 0 Å². The number of hydrogen-bond donors (Lipinski definition) is 6. The molecular weight excluding hydrogens is 245 g/mol. The quantitative estimate of drug-likeness (QED) is 0.286. The zero-order chi connectivity index (χ0) is 12.6. The van der Waals surface area contributed by atoms with Crippen LogP contribution >= 0.6 is 7.82 Å². The van der Waals surface area contributed by atoms with Gasteiger partial charge in [-0.05, 0) is 0 Å². The number of aliphatic hydroxyl groups excluding tert-OH is 2. The Morgan fingerprint density at radius 3 is 2.44 bits per heavy atom. The fourth-order valence-corrected chi connectivity index (χ4v) is 1.70. The van der Waals surface area contributed by atoms with Crippen LogP contribution in [0.25, 0.3) is 0 Å². The highest BCUT2D eigenvalue weighted by molar-refractivity contribution is 7.46. The molecule has 10 heteroatoms. The molecule has 4 atom stereocenters. The van der Waals surface area contributed by atoms with Crippen LogP contribution in [0.2, 0.25) is 0 Å². The molecule has 1 unspecified atom stereocenters. The van der Waals surface area contributed by atoms with E-state index in [-0.39, 0.29) is 0 Å². The van der Waals surface area contributed by atoms with Crippen LogP contribution in [0.15, 0.2) is 0 Å². The third-order valence-corrected chi connectivity index (χ3v) is 2.74. The van der Waals surface area contributed by atoms with Gasteiger partial charge in [0.25, 0.3) is 0 Å². The van der Waals surface area contributed by atoms with E-state index in [0.29, 0.717) is 0 Å². The average molecular weight is 259 g/mol. The van der Waals surface area contributed by atoms with Crippen LogP contribution in [0.1, 0.15) is 0 Å². The third kappa shape index (κ3) is 2.98. The first kappa shape index (κ1) is 14.0. The van der Waals surface area contributed by atoms with Crippen LogP contribution in [0, 0.1) is 0 Å². The predicted octanol–water partition coefficient (Wildman–Crippen LogP) is -3.14. The number of rotatable bonds is 4. The van der Waals surface area contributed by atoms with E-state index in [1.54, 1.807) is 0 Å². The molecule has 0 bridgehead atoms. The number of ether oxygens (including phenoxy) is 1. The first-order chi connectivity index (χ1) is 7.19. The monoisotopic (exact) mass is 259 g/mol. The highest BCUT2D eigenvalue weighted by atomic mass is 31.2. The summed E-state index contributed by atoms with van der Waals surface area (Å²) in [6.07, 6.45) is -2.62. The van der Waals surface area contributed by atoms with Gasteiger partial charge in [0.1, 0.15) is 12.2 Å². The SMILES string of the molecule is N[C@H]1[C@H](O)[C@@H](COP(=O)(O)O)OC1(O)CO. The number of nitrogens with two attached hydrogens (primary N) is 1. The molecule has 0 aliphatic carbocycles. The highest BCUT2D eigenvalue weighted by Gasteiger charge is 2.52. The second-order valence-corrected chi connectivity index (χ2v) is 4.70. The van der Waals surface area contributed by atoms with E-state index in [0.717, 1.165) is 0 Å². The summed E-state index contributed by atoms with van der Waals surface area (Å²) in [6, 6.07) is -1.29. The molecule has 0 saturated carbocycles. The van der Waals surface area contributed by atoms with Gasteiger partial charge in [-0.3, -0.25) is 4.52 Å². The van der Waals surface area contributed by atoms with Crippen LogP contribution in [0.4, 0.5) is 0 Å². The Kier molecular flexibility index (Phi) is 4.06. The van der Waals surface area contributed by atoms with E-state index in [4.69, 9.17) is 25.4 Å². The van der Waals surface area contributed by atoms with Crippen molar-refractivity contribution >= 4 is 7.82 Å². The first-order valence-corrected chi connectivity index (χ1v) is 5.87. The van der Waals surface area contributed by atoms with E-state index >= 15 is 0 Å². The van der Waals surface area contributed by atoms with Crippen molar-refractivity contribution < 1.29 is 38.9 Å². The molecular formula is C6H14NO8P. The van der Waals surface area contributed by atoms with Crippen LogP contribution in [-0.4, -0.2) is 62.4 Å². The maximum atomic E-state index is 10.4. The van der Waals surface area contributed by atoms with E-state index in [1.165, 1.54) is 0 Å². The maximum absolute atomic E-state index is 10.4. The minimum atomic E-state index is -4.69. The second-order valence-electron chi connectivity index (χ2n) is 3.46. The van der Waals surface area contributed by atoms with Crippen LogP contribution in [-0.2, 0) is 13.8 Å². The smallest absolute Gasteiger partial charge is 0.391 e. The Bertz CT molecular complexity index is 294. The molecule has 16 heavy (non-hydrogen) atoms. The highest BCUT2D eigenvalue weighted by Crippen LogP contribution is 2.37. The van der Waals surface area contributed by atoms with Crippen molar-refractivity contribution in [2.75, 3.05) is 13.2 Å². The lowest BCUT2D eigenvalue weighted by Crippen LogP contribution is -2.51. The third-order valence-electron chi connectivity index (χ3n) is 2.26. The van der Waals surface area contributed by atoms with Gasteiger partial charge in [-0.2, -0.15) is 0 Å². The number of phosphoric acid groups is 1. The lowest BCUT2D eigenvalue weighted by atomic mass is 10.0. The van der Waals surface area contributed by atoms with Crippen molar-refractivity contribution in [3.8, 4) is 0 Å². The number of aliphatic hydroxyl groups is 3. The lowest BCUT2D eigenvalue weighted by molar-refractivity contribution is -0.222. The zero-order valence-electron chi connectivity index (χ0n) is 8.13. The Morgan fingerprint density at radius 2 is 2.06 bits per heavy atom. The summed E-state index contributed by atoms with van der Waals surface area (Å²) < 4.78 is 19.3. The van der Waals surface area contributed by atoms with Crippen molar-refractivity contribution in [2.24, 2.45) is 5.73 Å². The second kappa shape index (κ2) is 4.65. The summed E-state index contributed by atoms with van der Waals surface area (Å²) in [6.45, 7) is -1.50. The Morgan fingerprint density at radius 1 is 1.50 bits per heavy atom. The molecule has 0 aromatic heterocycles. The summed E-state index contributed by atoms with van der Waals surface area (Å²) in [7, 11) is -4.69. The van der Waals surface area contributed by atoms with E-state index in [1.807, 2.05) is 0 Å². The molecule has 0 aromatic rings. The van der Waals surface area contributed by atoms with E-state index < -0.39 is 45.1 Å². The molecule has 1 saturated heterocycles. The molecule has 7 N–H and O–H groups in total. The molecule has 9 nitrogen and oxygen atoms in total. The standard InChI is InChI=1S/C6H14NO8P/c7-5-4(9)3(1-14-16(11,12)13)15-6(5,10)2-8/h3-5,8-10H,1-2,7H2,(H2,11,12,13)/t3-,4-,5+,6?/m1/s1. The van der Waals surface area contributed by atoms with Gasteiger partial charge in [-0.1, -0.05) is 0 Å². The Balaban J connectivity index is 2.61. The maximum Gasteiger partial charge on any atom is 0.469 e. The molecule has 1 fully saturated rings. The Hall–Kier alpha value is -0.0900. The van der Waals surface area contributed by atoms with Gasteiger partial charge in [0, 0.05) is 0 Å². The van der Waals surface area contributed by atoms with Gasteiger partial charge in [0.2, 0.25) is 5.79 Å². The van der Waals surface area contributed by atoms with E-state index in [2.05, 4.69) is 4.52 Å². The molecule has 0 aromatic carbocycles. The van der Waals surface area contributed by atoms with Crippen molar-refractivity contribution in [1.29, 1.82) is 0 Å². The first-order valence-electron chi connectivity index (χ1n) is 4.34. The van der Waals surface area contributed by atoms with Crippen molar-refractivity contribution in [2.45, 2.75) is 24.0 Å². The fraction of sp³-hybridized carbons (Fsp3) is 1.00. The summed E-state index contributed by atoms with van der Waals surface area (Å²) in [4.78, 5) is 16.9. The van der Waals surface area contributed by atoms with Crippen LogP contribution in [0.5, 0.6) is 0 Å². The molecule has 0 amide bonds. The van der Waals surface area contributed by atoms with Crippen molar-refractivity contribution in [1.82, 2.24) is 0 Å². The molecule has 1 aliphatic heterocycles. The van der Waals surface area contributed by atoms with E-state index in [9.17, 15) is 14.8 Å². The number of hydrogen-bond acceptors (Lipinski definition) is 7.